The van der Waals surface area contributed by atoms with Crippen molar-refractivity contribution < 1.29 is 4.74 Å². The zero-order chi connectivity index (χ0) is 13.9. The standard InChI is InChI=1S/C16H19ClN2O/c1-20-11-12-6-7-19(10-12)16-15-5-3-2-4-13(15)8-14(9-17)18-16/h2-5,8,12H,6-7,9-11H2,1H3. The molecule has 1 unspecified atom stereocenters. The van der Waals surface area contributed by atoms with Crippen molar-refractivity contribution in [2.45, 2.75) is 12.3 Å². The number of pyridine rings is 1. The number of alkyl halides is 1. The van der Waals surface area contributed by atoms with Crippen LogP contribution < -0.4 is 4.90 Å². The van der Waals surface area contributed by atoms with Gasteiger partial charge in [0.05, 0.1) is 18.2 Å². The maximum absolute atomic E-state index is 5.98. The zero-order valence-electron chi connectivity index (χ0n) is 11.7. The minimum Gasteiger partial charge on any atom is -0.384 e. The van der Waals surface area contributed by atoms with Gasteiger partial charge in [0.25, 0.3) is 0 Å². The third-order valence-corrected chi connectivity index (χ3v) is 4.17. The summed E-state index contributed by atoms with van der Waals surface area (Å²) in [4.78, 5) is 7.11. The van der Waals surface area contributed by atoms with E-state index in [1.807, 2.05) is 0 Å². The molecule has 1 fully saturated rings. The van der Waals surface area contributed by atoms with E-state index in [1.165, 1.54) is 10.8 Å². The lowest BCUT2D eigenvalue weighted by Crippen LogP contribution is -2.22. The summed E-state index contributed by atoms with van der Waals surface area (Å²) >= 11 is 5.98. The van der Waals surface area contributed by atoms with Crippen LogP contribution in [0.1, 0.15) is 12.1 Å². The molecule has 2 heterocycles. The van der Waals surface area contributed by atoms with Gasteiger partial charge in [-0.05, 0) is 17.9 Å². The Kier molecular flexibility index (Phi) is 4.08. The van der Waals surface area contributed by atoms with E-state index < -0.39 is 0 Å². The number of hydrogen-bond donors (Lipinski definition) is 0. The molecule has 0 spiro atoms. The molecule has 106 valence electrons. The molecule has 1 atom stereocenters. The van der Waals surface area contributed by atoms with E-state index in [0.29, 0.717) is 11.8 Å². The number of nitrogens with zero attached hydrogens (tertiary/aromatic N) is 2. The molecule has 2 aromatic rings. The highest BCUT2D eigenvalue weighted by atomic mass is 35.5. The first-order valence-corrected chi connectivity index (χ1v) is 7.53. The molecule has 1 saturated heterocycles. The minimum absolute atomic E-state index is 0.452. The molecule has 1 aromatic carbocycles. The highest BCUT2D eigenvalue weighted by molar-refractivity contribution is 6.17. The van der Waals surface area contributed by atoms with Crippen LogP contribution in [0.4, 0.5) is 5.82 Å². The fourth-order valence-corrected chi connectivity index (χ4v) is 3.08. The summed E-state index contributed by atoms with van der Waals surface area (Å²) in [6.07, 6.45) is 1.16. The van der Waals surface area contributed by atoms with Gasteiger partial charge in [-0.1, -0.05) is 24.3 Å². The van der Waals surface area contributed by atoms with E-state index in [0.717, 1.165) is 37.6 Å². The second-order valence-corrected chi connectivity index (χ2v) is 5.62. The maximum Gasteiger partial charge on any atom is 0.136 e. The largest absolute Gasteiger partial charge is 0.384 e. The molecule has 0 amide bonds. The third-order valence-electron chi connectivity index (χ3n) is 3.90. The maximum atomic E-state index is 5.98. The lowest BCUT2D eigenvalue weighted by atomic mass is 10.1. The Hall–Kier alpha value is -1.32. The van der Waals surface area contributed by atoms with Crippen molar-refractivity contribution in [2.75, 3.05) is 31.7 Å². The van der Waals surface area contributed by atoms with E-state index in [4.69, 9.17) is 21.3 Å². The van der Waals surface area contributed by atoms with Gasteiger partial charge in [-0.3, -0.25) is 0 Å². The summed E-state index contributed by atoms with van der Waals surface area (Å²) in [7, 11) is 1.77. The molecular weight excluding hydrogens is 272 g/mol. The molecule has 1 aliphatic heterocycles. The van der Waals surface area contributed by atoms with Gasteiger partial charge in [-0.15, -0.1) is 11.6 Å². The number of anilines is 1. The minimum atomic E-state index is 0.452. The van der Waals surface area contributed by atoms with Crippen molar-refractivity contribution in [1.82, 2.24) is 4.98 Å². The van der Waals surface area contributed by atoms with Crippen molar-refractivity contribution in [2.24, 2.45) is 5.92 Å². The van der Waals surface area contributed by atoms with Gasteiger partial charge < -0.3 is 9.64 Å². The van der Waals surface area contributed by atoms with Crippen LogP contribution in [0.3, 0.4) is 0 Å². The quantitative estimate of drug-likeness (QED) is 0.807. The van der Waals surface area contributed by atoms with Crippen LogP contribution in [0.5, 0.6) is 0 Å². The first-order chi connectivity index (χ1) is 9.81. The molecule has 1 aliphatic rings. The van der Waals surface area contributed by atoms with Crippen LogP contribution in [0.2, 0.25) is 0 Å². The van der Waals surface area contributed by atoms with Gasteiger partial charge in [0.1, 0.15) is 5.82 Å². The van der Waals surface area contributed by atoms with Crippen molar-refractivity contribution in [1.29, 1.82) is 0 Å². The Labute approximate surface area is 124 Å². The molecule has 1 aromatic heterocycles. The highest BCUT2D eigenvalue weighted by Crippen LogP contribution is 2.30. The second-order valence-electron chi connectivity index (χ2n) is 5.35. The Morgan fingerprint density at radius 2 is 2.25 bits per heavy atom. The number of fused-ring (bicyclic) bond motifs is 1. The van der Waals surface area contributed by atoms with Crippen LogP contribution >= 0.6 is 11.6 Å². The predicted octanol–water partition coefficient (Wildman–Crippen LogP) is 3.45. The summed E-state index contributed by atoms with van der Waals surface area (Å²) in [6, 6.07) is 10.5. The van der Waals surface area contributed by atoms with Gasteiger partial charge in [0, 0.05) is 31.5 Å². The number of halogens is 1. The molecule has 0 N–H and O–H groups in total. The van der Waals surface area contributed by atoms with Gasteiger partial charge in [0.15, 0.2) is 0 Å². The predicted molar refractivity (Wildman–Crippen MR) is 83.5 cm³/mol. The van der Waals surface area contributed by atoms with Crippen LogP contribution in [-0.2, 0) is 10.6 Å². The van der Waals surface area contributed by atoms with E-state index in [9.17, 15) is 0 Å². The number of hydrogen-bond acceptors (Lipinski definition) is 3. The average molecular weight is 291 g/mol. The van der Waals surface area contributed by atoms with E-state index in [1.54, 1.807) is 7.11 Å². The van der Waals surface area contributed by atoms with Crippen molar-refractivity contribution in [3.63, 3.8) is 0 Å². The Bertz CT molecular complexity index is 602. The Morgan fingerprint density at radius 3 is 3.05 bits per heavy atom. The summed E-state index contributed by atoms with van der Waals surface area (Å²) in [5.74, 6) is 2.12. The normalized spacial score (nSPS) is 18.9. The second kappa shape index (κ2) is 5.98. The van der Waals surface area contributed by atoms with Gasteiger partial charge in [0.2, 0.25) is 0 Å². The SMILES string of the molecule is COCC1CCN(c2nc(CCl)cc3ccccc23)C1. The van der Waals surface area contributed by atoms with Crippen molar-refractivity contribution >= 4 is 28.2 Å². The number of benzene rings is 1. The monoisotopic (exact) mass is 290 g/mol. The summed E-state index contributed by atoms with van der Waals surface area (Å²) in [5, 5.41) is 2.42. The van der Waals surface area contributed by atoms with Gasteiger partial charge in [-0.2, -0.15) is 0 Å². The number of aromatic nitrogens is 1. The Morgan fingerprint density at radius 1 is 1.40 bits per heavy atom. The van der Waals surface area contributed by atoms with Crippen LogP contribution in [-0.4, -0.2) is 31.8 Å². The van der Waals surface area contributed by atoms with Crippen LogP contribution in [0.25, 0.3) is 10.8 Å². The molecule has 0 radical (unpaired) electrons. The zero-order valence-corrected chi connectivity index (χ0v) is 12.4. The molecule has 0 bridgehead atoms. The molecule has 4 heteroatoms. The molecular formula is C16H19ClN2O. The van der Waals surface area contributed by atoms with E-state index in [2.05, 4.69) is 35.2 Å². The summed E-state index contributed by atoms with van der Waals surface area (Å²) in [5.41, 5.74) is 0.940. The average Bonchev–Trinajstić information content (AvgIpc) is 2.95. The van der Waals surface area contributed by atoms with Gasteiger partial charge in [-0.25, -0.2) is 4.98 Å². The first kappa shape index (κ1) is 13.7. The fraction of sp³-hybridized carbons (Fsp3) is 0.438. The lowest BCUT2D eigenvalue weighted by molar-refractivity contribution is 0.161. The molecule has 3 rings (SSSR count). The van der Waals surface area contributed by atoms with Crippen molar-refractivity contribution in [3.05, 3.63) is 36.0 Å². The number of rotatable bonds is 4. The lowest BCUT2D eigenvalue weighted by Gasteiger charge is -2.20. The van der Waals surface area contributed by atoms with Crippen molar-refractivity contribution in [3.8, 4) is 0 Å². The highest BCUT2D eigenvalue weighted by Gasteiger charge is 2.24. The molecule has 20 heavy (non-hydrogen) atoms. The molecule has 3 nitrogen and oxygen atoms in total. The van der Waals surface area contributed by atoms with Crippen LogP contribution in [0, 0.1) is 5.92 Å². The first-order valence-electron chi connectivity index (χ1n) is 7.00. The summed E-state index contributed by atoms with van der Waals surface area (Å²) < 4.78 is 5.27. The molecule has 0 saturated carbocycles. The van der Waals surface area contributed by atoms with E-state index >= 15 is 0 Å². The van der Waals surface area contributed by atoms with E-state index in [-0.39, 0.29) is 0 Å². The van der Waals surface area contributed by atoms with Gasteiger partial charge >= 0.3 is 0 Å². The fourth-order valence-electron chi connectivity index (χ4n) is 2.94. The Balaban J connectivity index is 1.98. The topological polar surface area (TPSA) is 25.4 Å². The number of methoxy groups -OCH3 is 1. The number of ether oxygens (including phenoxy) is 1. The molecule has 0 aliphatic carbocycles. The smallest absolute Gasteiger partial charge is 0.136 e. The summed E-state index contributed by atoms with van der Waals surface area (Å²) in [6.45, 7) is 2.87. The van der Waals surface area contributed by atoms with Crippen LogP contribution in [0.15, 0.2) is 30.3 Å². The third kappa shape index (κ3) is 2.60.